The minimum atomic E-state index is 0.189. The van der Waals surface area contributed by atoms with Crippen molar-refractivity contribution in [1.82, 2.24) is 4.81 Å². The highest BCUT2D eigenvalue weighted by Crippen LogP contribution is 2.20. The van der Waals surface area contributed by atoms with E-state index in [9.17, 15) is 0 Å². The lowest BCUT2D eigenvalue weighted by Crippen LogP contribution is -2.53. The standard InChI is InChI=1S/C14H20BNO/c1-14(2,3)16-11-5-10-15(16)12-6-8-13(17-4)9-7-12/h5-10H,11H2,1-4H3. The van der Waals surface area contributed by atoms with Gasteiger partial charge in [0, 0.05) is 12.1 Å². The van der Waals surface area contributed by atoms with Gasteiger partial charge in [-0.3, -0.25) is 0 Å². The van der Waals surface area contributed by atoms with E-state index in [1.165, 1.54) is 5.46 Å². The summed E-state index contributed by atoms with van der Waals surface area (Å²) in [5, 5.41) is 0. The molecule has 1 aromatic rings. The minimum absolute atomic E-state index is 0.189. The van der Waals surface area contributed by atoms with Crippen LogP contribution in [0.5, 0.6) is 5.75 Å². The smallest absolute Gasteiger partial charge is 0.284 e. The zero-order chi connectivity index (χ0) is 12.5. The number of methoxy groups -OCH3 is 1. The van der Waals surface area contributed by atoms with Crippen LogP contribution in [0.15, 0.2) is 36.3 Å². The van der Waals surface area contributed by atoms with Gasteiger partial charge < -0.3 is 9.55 Å². The summed E-state index contributed by atoms with van der Waals surface area (Å²) in [5.41, 5.74) is 1.52. The van der Waals surface area contributed by atoms with Crippen LogP contribution in [0.2, 0.25) is 0 Å². The molecule has 0 aromatic heterocycles. The van der Waals surface area contributed by atoms with Crippen molar-refractivity contribution >= 4 is 12.3 Å². The largest absolute Gasteiger partial charge is 0.497 e. The van der Waals surface area contributed by atoms with Crippen molar-refractivity contribution in [3.8, 4) is 5.75 Å². The van der Waals surface area contributed by atoms with Crippen molar-refractivity contribution in [1.29, 1.82) is 0 Å². The lowest BCUT2D eigenvalue weighted by atomic mass is 9.54. The van der Waals surface area contributed by atoms with Gasteiger partial charge in [-0.15, -0.1) is 0 Å². The maximum atomic E-state index is 5.19. The van der Waals surface area contributed by atoms with Crippen molar-refractivity contribution in [2.75, 3.05) is 13.7 Å². The van der Waals surface area contributed by atoms with Crippen LogP contribution >= 0.6 is 0 Å². The van der Waals surface area contributed by atoms with Gasteiger partial charge >= 0.3 is 0 Å². The van der Waals surface area contributed by atoms with Gasteiger partial charge in [0.2, 0.25) is 0 Å². The molecule has 17 heavy (non-hydrogen) atoms. The Labute approximate surface area is 104 Å². The number of rotatable bonds is 2. The first kappa shape index (κ1) is 12.2. The quantitative estimate of drug-likeness (QED) is 0.720. The molecule has 0 radical (unpaired) electrons. The molecule has 0 amide bonds. The van der Waals surface area contributed by atoms with Gasteiger partial charge in [0.15, 0.2) is 0 Å². The van der Waals surface area contributed by atoms with Crippen molar-refractivity contribution in [3.63, 3.8) is 0 Å². The SMILES string of the molecule is COc1ccc(B2C=CCN2C(C)(C)C)cc1. The molecule has 0 fully saturated rings. The van der Waals surface area contributed by atoms with Crippen LogP contribution < -0.4 is 10.2 Å². The van der Waals surface area contributed by atoms with Gasteiger partial charge in [-0.25, -0.2) is 0 Å². The Hall–Kier alpha value is -1.22. The fourth-order valence-corrected chi connectivity index (χ4v) is 2.30. The zero-order valence-corrected chi connectivity index (χ0v) is 11.1. The first-order valence-electron chi connectivity index (χ1n) is 6.10. The van der Waals surface area contributed by atoms with E-state index in [2.05, 4.69) is 49.8 Å². The normalized spacial score (nSPS) is 16.6. The van der Waals surface area contributed by atoms with Crippen LogP contribution in [0.1, 0.15) is 20.8 Å². The molecule has 2 rings (SSSR count). The molecule has 2 nitrogen and oxygen atoms in total. The second-order valence-electron chi connectivity index (χ2n) is 5.47. The number of nitrogens with zero attached hydrogens (tertiary/aromatic N) is 1. The molecule has 90 valence electrons. The second-order valence-corrected chi connectivity index (χ2v) is 5.47. The van der Waals surface area contributed by atoms with Gasteiger partial charge in [-0.2, -0.15) is 0 Å². The van der Waals surface area contributed by atoms with Gasteiger partial charge in [0.05, 0.1) is 7.11 Å². The Balaban J connectivity index is 2.23. The van der Waals surface area contributed by atoms with Crippen LogP contribution in [-0.4, -0.2) is 30.9 Å². The minimum Gasteiger partial charge on any atom is -0.497 e. The summed E-state index contributed by atoms with van der Waals surface area (Å²) in [4.78, 5) is 2.49. The number of hydrogen-bond donors (Lipinski definition) is 0. The summed E-state index contributed by atoms with van der Waals surface area (Å²) < 4.78 is 5.19. The monoisotopic (exact) mass is 229 g/mol. The number of hydrogen-bond acceptors (Lipinski definition) is 2. The topological polar surface area (TPSA) is 12.5 Å². The van der Waals surface area contributed by atoms with Crippen LogP contribution in [0.4, 0.5) is 0 Å². The predicted octanol–water partition coefficient (Wildman–Crippen LogP) is 2.10. The van der Waals surface area contributed by atoms with E-state index >= 15 is 0 Å². The van der Waals surface area contributed by atoms with Gasteiger partial charge in [-0.1, -0.05) is 29.6 Å². The Kier molecular flexibility index (Phi) is 3.29. The molecule has 0 bridgehead atoms. The third-order valence-electron chi connectivity index (χ3n) is 3.28. The van der Waals surface area contributed by atoms with E-state index in [0.717, 1.165) is 12.3 Å². The molecule has 0 saturated heterocycles. The molecule has 0 N–H and O–H groups in total. The summed E-state index contributed by atoms with van der Waals surface area (Å²) in [6.45, 7) is 8.20. The molecule has 1 aliphatic heterocycles. The highest BCUT2D eigenvalue weighted by molar-refractivity contribution is 6.76. The third kappa shape index (κ3) is 2.55. The molecule has 1 aromatic carbocycles. The summed E-state index contributed by atoms with van der Waals surface area (Å²) in [6.07, 6.45) is 2.25. The average Bonchev–Trinajstić information content (AvgIpc) is 2.78. The number of ether oxygens (including phenoxy) is 1. The molecular weight excluding hydrogens is 209 g/mol. The third-order valence-corrected chi connectivity index (χ3v) is 3.28. The van der Waals surface area contributed by atoms with E-state index < -0.39 is 0 Å². The molecule has 0 atom stereocenters. The van der Waals surface area contributed by atoms with Gasteiger partial charge in [0.1, 0.15) is 5.75 Å². The Morgan fingerprint density at radius 1 is 1.18 bits per heavy atom. The first-order valence-corrected chi connectivity index (χ1v) is 6.10. The maximum absolute atomic E-state index is 5.19. The van der Waals surface area contributed by atoms with E-state index in [0.29, 0.717) is 6.85 Å². The van der Waals surface area contributed by atoms with E-state index in [1.54, 1.807) is 7.11 Å². The molecular formula is C14H20BNO. The Bertz CT molecular complexity index is 405. The van der Waals surface area contributed by atoms with Crippen LogP contribution in [-0.2, 0) is 0 Å². The number of benzene rings is 1. The van der Waals surface area contributed by atoms with E-state index in [-0.39, 0.29) is 5.54 Å². The Morgan fingerprint density at radius 2 is 1.82 bits per heavy atom. The fourth-order valence-electron chi connectivity index (χ4n) is 2.30. The van der Waals surface area contributed by atoms with Gasteiger partial charge in [-0.05, 0) is 32.9 Å². The summed E-state index contributed by atoms with van der Waals surface area (Å²) >= 11 is 0. The van der Waals surface area contributed by atoms with Crippen LogP contribution in [0.3, 0.4) is 0 Å². The van der Waals surface area contributed by atoms with Crippen molar-refractivity contribution in [3.05, 3.63) is 36.3 Å². The van der Waals surface area contributed by atoms with Gasteiger partial charge in [0.25, 0.3) is 6.85 Å². The second kappa shape index (κ2) is 4.57. The van der Waals surface area contributed by atoms with Crippen molar-refractivity contribution in [2.45, 2.75) is 26.3 Å². The van der Waals surface area contributed by atoms with Crippen LogP contribution in [0.25, 0.3) is 0 Å². The molecule has 0 saturated carbocycles. The lowest BCUT2D eigenvalue weighted by molar-refractivity contribution is 0.279. The lowest BCUT2D eigenvalue weighted by Gasteiger charge is -2.36. The predicted molar refractivity (Wildman–Crippen MR) is 74.0 cm³/mol. The van der Waals surface area contributed by atoms with Crippen molar-refractivity contribution in [2.24, 2.45) is 0 Å². The molecule has 0 spiro atoms. The van der Waals surface area contributed by atoms with E-state index in [1.807, 2.05) is 12.1 Å². The first-order chi connectivity index (χ1) is 8.02. The molecule has 3 heteroatoms. The Morgan fingerprint density at radius 3 is 2.35 bits per heavy atom. The fraction of sp³-hybridized carbons (Fsp3) is 0.429. The average molecular weight is 229 g/mol. The highest BCUT2D eigenvalue weighted by atomic mass is 16.5. The molecule has 0 unspecified atom stereocenters. The van der Waals surface area contributed by atoms with Crippen LogP contribution in [0, 0.1) is 0 Å². The van der Waals surface area contributed by atoms with E-state index in [4.69, 9.17) is 4.74 Å². The summed E-state index contributed by atoms with van der Waals surface area (Å²) in [5.74, 6) is 3.20. The highest BCUT2D eigenvalue weighted by Gasteiger charge is 2.33. The summed E-state index contributed by atoms with van der Waals surface area (Å²) in [7, 11) is 1.70. The maximum Gasteiger partial charge on any atom is 0.284 e. The molecule has 1 aliphatic rings. The molecule has 1 heterocycles. The molecule has 0 aliphatic carbocycles. The summed E-state index contributed by atoms with van der Waals surface area (Å²) in [6, 6.07) is 8.36. The zero-order valence-electron chi connectivity index (χ0n) is 11.1. The van der Waals surface area contributed by atoms with Crippen molar-refractivity contribution < 1.29 is 4.74 Å².